The summed E-state index contributed by atoms with van der Waals surface area (Å²) in [6.45, 7) is 1.48. The van der Waals surface area contributed by atoms with E-state index in [1.807, 2.05) is 22.3 Å². The first-order valence-corrected chi connectivity index (χ1v) is 8.82. The van der Waals surface area contributed by atoms with E-state index in [9.17, 15) is 9.59 Å². The highest BCUT2D eigenvalue weighted by molar-refractivity contribution is 8.01. The van der Waals surface area contributed by atoms with Crippen molar-refractivity contribution in [2.45, 2.75) is 35.4 Å². The third-order valence-electron chi connectivity index (χ3n) is 4.50. The molecule has 3 saturated heterocycles. The number of thioether (sulfide) groups is 2. The zero-order valence-corrected chi connectivity index (χ0v) is 12.4. The molecule has 0 spiro atoms. The smallest absolute Gasteiger partial charge is 0.260 e. The third kappa shape index (κ3) is 1.26. The highest BCUT2D eigenvalue weighted by Crippen LogP contribution is 2.52. The lowest BCUT2D eigenvalue weighted by Gasteiger charge is -2.51. The van der Waals surface area contributed by atoms with Gasteiger partial charge in [-0.15, -0.1) is 23.5 Å². The van der Waals surface area contributed by atoms with E-state index in [2.05, 4.69) is 0 Å². The van der Waals surface area contributed by atoms with Crippen LogP contribution in [0.1, 0.15) is 25.7 Å². The largest absolute Gasteiger partial charge is 0.317 e. The summed E-state index contributed by atoms with van der Waals surface area (Å²) in [4.78, 5) is 28.2. The van der Waals surface area contributed by atoms with Crippen LogP contribution in [-0.2, 0) is 9.59 Å². The molecule has 2 atom stereocenters. The van der Waals surface area contributed by atoms with Gasteiger partial charge in [0.15, 0.2) is 9.74 Å². The van der Waals surface area contributed by atoms with Gasteiger partial charge in [0.2, 0.25) is 0 Å². The molecule has 0 saturated carbocycles. The lowest BCUT2D eigenvalue weighted by molar-refractivity contribution is -0.161. The van der Waals surface area contributed by atoms with Crippen molar-refractivity contribution in [3.8, 4) is 0 Å². The van der Waals surface area contributed by atoms with Gasteiger partial charge in [-0.1, -0.05) is 0 Å². The van der Waals surface area contributed by atoms with Gasteiger partial charge in [-0.3, -0.25) is 9.59 Å². The average molecular weight is 286 g/mol. The van der Waals surface area contributed by atoms with Gasteiger partial charge in [0.05, 0.1) is 0 Å². The number of amides is 2. The summed E-state index contributed by atoms with van der Waals surface area (Å²) in [5.41, 5.74) is 0. The van der Waals surface area contributed by atoms with Crippen molar-refractivity contribution in [3.63, 3.8) is 0 Å². The molecule has 0 aromatic rings. The number of nitrogens with zero attached hydrogens (tertiary/aromatic N) is 2. The maximum absolute atomic E-state index is 12.8. The van der Waals surface area contributed by atoms with Crippen LogP contribution in [0.4, 0.5) is 0 Å². The Kier molecular flexibility index (Phi) is 2.86. The normalized spacial score (nSPS) is 39.2. The summed E-state index contributed by atoms with van der Waals surface area (Å²) < 4.78 is 0. The third-order valence-corrected chi connectivity index (χ3v) is 7.05. The van der Waals surface area contributed by atoms with Gasteiger partial charge < -0.3 is 9.80 Å². The number of hydrogen-bond acceptors (Lipinski definition) is 4. The van der Waals surface area contributed by atoms with Crippen molar-refractivity contribution in [2.75, 3.05) is 25.6 Å². The highest BCUT2D eigenvalue weighted by Gasteiger charge is 2.65. The molecule has 18 heavy (non-hydrogen) atoms. The highest BCUT2D eigenvalue weighted by atomic mass is 32.2. The molecule has 3 heterocycles. The standard InChI is InChI=1S/C12H18N2O2S2/c1-17-11-5-3-7-13(11)10(16)12(18-2)6-4-8-14(12)9(11)15/h3-8H2,1-2H3/t11-,12-/m0/s1. The molecule has 2 amide bonds. The minimum atomic E-state index is -0.597. The summed E-state index contributed by atoms with van der Waals surface area (Å²) in [7, 11) is 0. The maximum Gasteiger partial charge on any atom is 0.260 e. The summed E-state index contributed by atoms with van der Waals surface area (Å²) in [6, 6.07) is 0. The van der Waals surface area contributed by atoms with Crippen LogP contribution in [0.25, 0.3) is 0 Å². The van der Waals surface area contributed by atoms with Crippen molar-refractivity contribution < 1.29 is 9.59 Å². The average Bonchev–Trinajstić information content (AvgIpc) is 3.01. The molecule has 3 aliphatic rings. The summed E-state index contributed by atoms with van der Waals surface area (Å²) in [5, 5.41) is 0. The van der Waals surface area contributed by atoms with Crippen molar-refractivity contribution >= 4 is 35.3 Å². The fourth-order valence-corrected chi connectivity index (χ4v) is 5.64. The Bertz CT molecular complexity index is 379. The fourth-order valence-electron chi connectivity index (χ4n) is 3.58. The Morgan fingerprint density at radius 1 is 0.889 bits per heavy atom. The van der Waals surface area contributed by atoms with Gasteiger partial charge in [0.25, 0.3) is 11.8 Å². The Morgan fingerprint density at radius 2 is 1.28 bits per heavy atom. The first kappa shape index (κ1) is 12.7. The molecule has 3 aliphatic heterocycles. The van der Waals surface area contributed by atoms with E-state index in [0.29, 0.717) is 0 Å². The monoisotopic (exact) mass is 286 g/mol. The maximum atomic E-state index is 12.8. The van der Waals surface area contributed by atoms with Gasteiger partial charge in [-0.2, -0.15) is 0 Å². The molecule has 3 fully saturated rings. The summed E-state index contributed by atoms with van der Waals surface area (Å²) in [5.74, 6) is 0.331. The number of hydrogen-bond donors (Lipinski definition) is 0. The van der Waals surface area contributed by atoms with Crippen molar-refractivity contribution in [1.82, 2.24) is 9.80 Å². The van der Waals surface area contributed by atoms with E-state index in [1.54, 1.807) is 0 Å². The molecule has 3 rings (SSSR count). The van der Waals surface area contributed by atoms with E-state index in [1.165, 1.54) is 23.5 Å². The molecule has 6 heteroatoms. The molecule has 0 unspecified atom stereocenters. The molecule has 4 nitrogen and oxygen atoms in total. The molecule has 0 radical (unpaired) electrons. The predicted octanol–water partition coefficient (Wildman–Crippen LogP) is 1.36. The number of rotatable bonds is 2. The molecule has 0 aliphatic carbocycles. The van der Waals surface area contributed by atoms with Crippen LogP contribution >= 0.6 is 23.5 Å². The first-order valence-electron chi connectivity index (χ1n) is 6.37. The van der Waals surface area contributed by atoms with E-state index in [0.717, 1.165) is 38.8 Å². The van der Waals surface area contributed by atoms with Crippen LogP contribution in [0, 0.1) is 0 Å². The van der Waals surface area contributed by atoms with Gasteiger partial charge in [-0.05, 0) is 38.2 Å². The Morgan fingerprint density at radius 3 is 1.61 bits per heavy atom. The summed E-state index contributed by atoms with van der Waals surface area (Å²) in [6.07, 6.45) is 7.39. The topological polar surface area (TPSA) is 40.6 Å². The second-order valence-corrected chi connectivity index (χ2v) is 7.26. The number of fused-ring (bicyclic) bond motifs is 2. The van der Waals surface area contributed by atoms with Crippen LogP contribution < -0.4 is 0 Å². The van der Waals surface area contributed by atoms with Crippen LogP contribution in [-0.4, -0.2) is 57.0 Å². The quantitative estimate of drug-likeness (QED) is 0.768. The second-order valence-electron chi connectivity index (χ2n) is 5.10. The van der Waals surface area contributed by atoms with Crippen LogP contribution in [0.3, 0.4) is 0 Å². The molecule has 0 aromatic heterocycles. The summed E-state index contributed by atoms with van der Waals surface area (Å²) >= 11 is 3.08. The molecular weight excluding hydrogens is 268 g/mol. The molecule has 0 aromatic carbocycles. The fraction of sp³-hybridized carbons (Fsp3) is 0.833. The van der Waals surface area contributed by atoms with Crippen molar-refractivity contribution in [1.29, 1.82) is 0 Å². The van der Waals surface area contributed by atoms with E-state index in [4.69, 9.17) is 0 Å². The lowest BCUT2D eigenvalue weighted by Crippen LogP contribution is -2.70. The molecule has 0 N–H and O–H groups in total. The van der Waals surface area contributed by atoms with Crippen molar-refractivity contribution in [2.24, 2.45) is 0 Å². The molecular formula is C12H18N2O2S2. The minimum Gasteiger partial charge on any atom is -0.317 e. The zero-order chi connectivity index (χ0) is 13.0. The first-order chi connectivity index (χ1) is 8.62. The van der Waals surface area contributed by atoms with E-state index in [-0.39, 0.29) is 11.8 Å². The van der Waals surface area contributed by atoms with E-state index < -0.39 is 9.74 Å². The van der Waals surface area contributed by atoms with E-state index >= 15 is 0 Å². The Balaban J connectivity index is 2.10. The number of carbonyl (C=O) groups is 2. The predicted molar refractivity (Wildman–Crippen MR) is 74.4 cm³/mol. The Hall–Kier alpha value is -0.360. The minimum absolute atomic E-state index is 0.166. The van der Waals surface area contributed by atoms with Gasteiger partial charge >= 0.3 is 0 Å². The van der Waals surface area contributed by atoms with Gasteiger partial charge in [-0.25, -0.2) is 0 Å². The van der Waals surface area contributed by atoms with Gasteiger partial charge in [0, 0.05) is 13.1 Å². The lowest BCUT2D eigenvalue weighted by atomic mass is 10.0. The number of carbonyl (C=O) groups excluding carboxylic acids is 2. The van der Waals surface area contributed by atoms with Crippen LogP contribution in [0.5, 0.6) is 0 Å². The van der Waals surface area contributed by atoms with Crippen LogP contribution in [0.15, 0.2) is 0 Å². The van der Waals surface area contributed by atoms with Gasteiger partial charge in [0.1, 0.15) is 0 Å². The SMILES string of the molecule is CS[C@]12CCCN1C(=O)[C@@]1(SC)CCCN1C2=O. The van der Waals surface area contributed by atoms with Crippen molar-refractivity contribution in [3.05, 3.63) is 0 Å². The number of piperazine rings is 1. The zero-order valence-electron chi connectivity index (χ0n) is 10.8. The second kappa shape index (κ2) is 4.07. The van der Waals surface area contributed by atoms with Crippen LogP contribution in [0.2, 0.25) is 0 Å². The Labute approximate surface area is 116 Å². The molecule has 0 bridgehead atoms. The molecule has 100 valence electrons.